The molecule has 1 saturated heterocycles. The van der Waals surface area contributed by atoms with Gasteiger partial charge in [0.1, 0.15) is 6.10 Å². The summed E-state index contributed by atoms with van der Waals surface area (Å²) in [6.07, 6.45) is 0.276. The standard InChI is InChI=1S/C14H20N2O2/c1-11-7-8-16(10-13(11)18-14(15)17)9-12-5-3-2-4-6-12/h2-6,11,13H,7-10H2,1H3,(H2,15,17)/t11-,13+/m1/s1. The van der Waals surface area contributed by atoms with E-state index in [0.717, 1.165) is 26.1 Å². The Labute approximate surface area is 108 Å². The fourth-order valence-corrected chi connectivity index (χ4v) is 2.39. The third kappa shape index (κ3) is 3.47. The number of amides is 1. The maximum absolute atomic E-state index is 10.9. The van der Waals surface area contributed by atoms with Crippen LogP contribution in [-0.2, 0) is 11.3 Å². The second kappa shape index (κ2) is 5.87. The largest absolute Gasteiger partial charge is 0.445 e. The predicted octanol–water partition coefficient (Wildman–Crippen LogP) is 1.99. The van der Waals surface area contributed by atoms with Crippen LogP contribution in [0.15, 0.2) is 30.3 Å². The minimum Gasteiger partial charge on any atom is -0.445 e. The summed E-state index contributed by atoms with van der Waals surface area (Å²) in [7, 11) is 0. The Morgan fingerprint density at radius 2 is 2.17 bits per heavy atom. The Bertz CT molecular complexity index is 394. The summed E-state index contributed by atoms with van der Waals surface area (Å²) >= 11 is 0. The van der Waals surface area contributed by atoms with Gasteiger partial charge in [-0.25, -0.2) is 4.79 Å². The molecule has 0 radical (unpaired) electrons. The van der Waals surface area contributed by atoms with Crippen molar-refractivity contribution in [1.82, 2.24) is 4.90 Å². The number of nitrogens with two attached hydrogens (primary N) is 1. The molecule has 1 aromatic carbocycles. The van der Waals surface area contributed by atoms with E-state index < -0.39 is 6.09 Å². The molecule has 0 aromatic heterocycles. The summed E-state index contributed by atoms with van der Waals surface area (Å²) in [4.78, 5) is 13.2. The van der Waals surface area contributed by atoms with Gasteiger partial charge in [-0.2, -0.15) is 0 Å². The number of likely N-dealkylation sites (tertiary alicyclic amines) is 1. The number of rotatable bonds is 3. The van der Waals surface area contributed by atoms with Crippen LogP contribution in [0.3, 0.4) is 0 Å². The van der Waals surface area contributed by atoms with Gasteiger partial charge in [0.2, 0.25) is 0 Å². The van der Waals surface area contributed by atoms with Crippen LogP contribution in [0.2, 0.25) is 0 Å². The number of nitrogens with zero attached hydrogens (tertiary/aromatic N) is 1. The van der Waals surface area contributed by atoms with E-state index in [-0.39, 0.29) is 6.10 Å². The fraction of sp³-hybridized carbons (Fsp3) is 0.500. The molecule has 1 amide bonds. The SMILES string of the molecule is C[C@@H]1CCN(Cc2ccccc2)C[C@@H]1OC(N)=O. The summed E-state index contributed by atoms with van der Waals surface area (Å²) in [5.74, 6) is 0.379. The summed E-state index contributed by atoms with van der Waals surface area (Å²) in [5.41, 5.74) is 6.39. The molecule has 2 N–H and O–H groups in total. The van der Waals surface area contributed by atoms with Gasteiger partial charge in [0.15, 0.2) is 0 Å². The third-order valence-corrected chi connectivity index (χ3v) is 3.49. The molecule has 0 bridgehead atoms. The lowest BCUT2D eigenvalue weighted by atomic mass is 9.95. The second-order valence-corrected chi connectivity index (χ2v) is 4.96. The molecule has 1 aliphatic rings. The fourth-order valence-electron chi connectivity index (χ4n) is 2.39. The molecule has 1 aromatic rings. The van der Waals surface area contributed by atoms with Gasteiger partial charge in [-0.15, -0.1) is 0 Å². The Kier molecular flexibility index (Phi) is 4.20. The van der Waals surface area contributed by atoms with Crippen molar-refractivity contribution in [3.63, 3.8) is 0 Å². The minimum atomic E-state index is -0.673. The highest BCUT2D eigenvalue weighted by Gasteiger charge is 2.28. The number of hydrogen-bond donors (Lipinski definition) is 1. The summed E-state index contributed by atoms with van der Waals surface area (Å²) < 4.78 is 5.17. The molecular weight excluding hydrogens is 228 g/mol. The molecule has 18 heavy (non-hydrogen) atoms. The Hall–Kier alpha value is -1.55. The second-order valence-electron chi connectivity index (χ2n) is 4.96. The van der Waals surface area contributed by atoms with Crippen molar-refractivity contribution in [1.29, 1.82) is 0 Å². The molecule has 2 atom stereocenters. The maximum atomic E-state index is 10.9. The number of carbonyl (C=O) groups excluding carboxylic acids is 1. The Balaban J connectivity index is 1.93. The van der Waals surface area contributed by atoms with Gasteiger partial charge in [-0.1, -0.05) is 37.3 Å². The predicted molar refractivity (Wildman–Crippen MR) is 70.0 cm³/mol. The molecular formula is C14H20N2O2. The van der Waals surface area contributed by atoms with Crippen LogP contribution in [0.1, 0.15) is 18.9 Å². The van der Waals surface area contributed by atoms with Gasteiger partial charge in [0.05, 0.1) is 0 Å². The van der Waals surface area contributed by atoms with Gasteiger partial charge in [-0.3, -0.25) is 4.90 Å². The van der Waals surface area contributed by atoms with E-state index in [9.17, 15) is 4.79 Å². The van der Waals surface area contributed by atoms with E-state index in [4.69, 9.17) is 10.5 Å². The van der Waals surface area contributed by atoms with Crippen LogP contribution in [0.5, 0.6) is 0 Å². The van der Waals surface area contributed by atoms with Crippen LogP contribution in [0.25, 0.3) is 0 Å². The first-order chi connectivity index (χ1) is 8.65. The molecule has 2 rings (SSSR count). The van der Waals surface area contributed by atoms with Crippen molar-refractivity contribution in [2.75, 3.05) is 13.1 Å². The van der Waals surface area contributed by atoms with Crippen molar-refractivity contribution >= 4 is 6.09 Å². The summed E-state index contributed by atoms with van der Waals surface area (Å²) in [5, 5.41) is 0. The van der Waals surface area contributed by atoms with Gasteiger partial charge in [0, 0.05) is 13.1 Å². The highest BCUT2D eigenvalue weighted by atomic mass is 16.6. The lowest BCUT2D eigenvalue weighted by molar-refractivity contribution is 0.0111. The number of piperidine rings is 1. The first kappa shape index (κ1) is 12.9. The lowest BCUT2D eigenvalue weighted by Crippen LogP contribution is -2.45. The zero-order valence-corrected chi connectivity index (χ0v) is 10.7. The molecule has 0 saturated carbocycles. The van der Waals surface area contributed by atoms with Crippen molar-refractivity contribution in [2.24, 2.45) is 11.7 Å². The Morgan fingerprint density at radius 1 is 1.44 bits per heavy atom. The van der Waals surface area contributed by atoms with Crippen LogP contribution in [0, 0.1) is 5.92 Å². The zero-order valence-electron chi connectivity index (χ0n) is 10.7. The first-order valence-electron chi connectivity index (χ1n) is 6.37. The molecule has 1 aliphatic heterocycles. The molecule has 1 fully saturated rings. The van der Waals surface area contributed by atoms with Gasteiger partial charge < -0.3 is 10.5 Å². The van der Waals surface area contributed by atoms with E-state index in [2.05, 4.69) is 24.0 Å². The van der Waals surface area contributed by atoms with E-state index in [0.29, 0.717) is 5.92 Å². The van der Waals surface area contributed by atoms with Crippen LogP contribution in [0.4, 0.5) is 4.79 Å². The quantitative estimate of drug-likeness (QED) is 0.890. The van der Waals surface area contributed by atoms with Crippen molar-refractivity contribution in [3.8, 4) is 0 Å². The van der Waals surface area contributed by atoms with E-state index in [1.807, 2.05) is 18.2 Å². The number of hydrogen-bond acceptors (Lipinski definition) is 3. The minimum absolute atomic E-state index is 0.0834. The van der Waals surface area contributed by atoms with Gasteiger partial charge in [0.25, 0.3) is 0 Å². The van der Waals surface area contributed by atoms with Crippen LogP contribution >= 0.6 is 0 Å². The lowest BCUT2D eigenvalue weighted by Gasteiger charge is -2.36. The molecule has 0 unspecified atom stereocenters. The summed E-state index contributed by atoms with van der Waals surface area (Å²) in [6, 6.07) is 10.3. The van der Waals surface area contributed by atoms with Crippen molar-refractivity contribution < 1.29 is 9.53 Å². The average Bonchev–Trinajstić information content (AvgIpc) is 2.34. The van der Waals surface area contributed by atoms with Crippen LogP contribution in [-0.4, -0.2) is 30.2 Å². The topological polar surface area (TPSA) is 55.6 Å². The first-order valence-corrected chi connectivity index (χ1v) is 6.37. The zero-order chi connectivity index (χ0) is 13.0. The summed E-state index contributed by atoms with van der Waals surface area (Å²) in [6.45, 7) is 4.80. The number of benzene rings is 1. The molecule has 4 heteroatoms. The van der Waals surface area contributed by atoms with Gasteiger partial charge >= 0.3 is 6.09 Å². The van der Waals surface area contributed by atoms with Gasteiger partial charge in [-0.05, 0) is 24.4 Å². The molecule has 98 valence electrons. The smallest absolute Gasteiger partial charge is 0.404 e. The number of ether oxygens (including phenoxy) is 1. The maximum Gasteiger partial charge on any atom is 0.404 e. The number of primary amides is 1. The highest BCUT2D eigenvalue weighted by molar-refractivity contribution is 5.64. The van der Waals surface area contributed by atoms with Crippen molar-refractivity contribution in [3.05, 3.63) is 35.9 Å². The molecule has 0 spiro atoms. The number of carbonyl (C=O) groups is 1. The van der Waals surface area contributed by atoms with E-state index in [1.54, 1.807) is 0 Å². The molecule has 4 nitrogen and oxygen atoms in total. The third-order valence-electron chi connectivity index (χ3n) is 3.49. The monoisotopic (exact) mass is 248 g/mol. The average molecular weight is 248 g/mol. The molecule has 1 heterocycles. The normalized spacial score (nSPS) is 24.7. The molecule has 0 aliphatic carbocycles. The van der Waals surface area contributed by atoms with Crippen molar-refractivity contribution in [2.45, 2.75) is 26.0 Å². The Morgan fingerprint density at radius 3 is 2.83 bits per heavy atom. The van der Waals surface area contributed by atoms with E-state index >= 15 is 0 Å². The van der Waals surface area contributed by atoms with Crippen LogP contribution < -0.4 is 5.73 Å². The highest BCUT2D eigenvalue weighted by Crippen LogP contribution is 2.21. The van der Waals surface area contributed by atoms with E-state index in [1.165, 1.54) is 5.56 Å².